The van der Waals surface area contributed by atoms with Crippen LogP contribution >= 0.6 is 11.6 Å². The molecule has 0 aliphatic carbocycles. The predicted octanol–water partition coefficient (Wildman–Crippen LogP) is 3.04. The Morgan fingerprint density at radius 3 is 3.00 bits per heavy atom. The third-order valence-electron chi connectivity index (χ3n) is 3.51. The van der Waals surface area contributed by atoms with E-state index in [-0.39, 0.29) is 11.2 Å². The van der Waals surface area contributed by atoms with Crippen LogP contribution in [0.5, 0.6) is 0 Å². The highest BCUT2D eigenvalue weighted by Crippen LogP contribution is 2.34. The zero-order chi connectivity index (χ0) is 13.0. The summed E-state index contributed by atoms with van der Waals surface area (Å²) < 4.78 is 18.8. The smallest absolute Gasteiger partial charge is 0.123 e. The van der Waals surface area contributed by atoms with E-state index in [4.69, 9.17) is 16.3 Å². The topological polar surface area (TPSA) is 21.3 Å². The lowest BCUT2D eigenvalue weighted by molar-refractivity contribution is 0.149. The summed E-state index contributed by atoms with van der Waals surface area (Å²) in [5.41, 5.74) is 0.924. The van der Waals surface area contributed by atoms with Gasteiger partial charge in [-0.3, -0.25) is 0 Å². The second-order valence-corrected chi connectivity index (χ2v) is 5.40. The summed E-state index contributed by atoms with van der Waals surface area (Å²) in [7, 11) is 0. The van der Waals surface area contributed by atoms with E-state index >= 15 is 0 Å². The van der Waals surface area contributed by atoms with Crippen LogP contribution in [0.2, 0.25) is 5.02 Å². The Morgan fingerprint density at radius 2 is 2.33 bits per heavy atom. The number of halogens is 2. The molecule has 1 saturated heterocycles. The Kier molecular flexibility index (Phi) is 4.60. The first-order chi connectivity index (χ1) is 8.65. The molecule has 0 aromatic heterocycles. The van der Waals surface area contributed by atoms with Crippen molar-refractivity contribution in [3.05, 3.63) is 34.6 Å². The minimum Gasteiger partial charge on any atom is -0.381 e. The average molecular weight is 272 g/mol. The summed E-state index contributed by atoms with van der Waals surface area (Å²) in [5, 5.41) is 4.01. The Bertz CT molecular complexity index is 405. The quantitative estimate of drug-likeness (QED) is 0.889. The standard InChI is InChI=1S/C14H19ClFNO/c1-2-17-9-14(5-6-18-10-14)8-11-7-12(16)3-4-13(11)15/h3-4,7,17H,2,5-6,8-10H2,1H3. The van der Waals surface area contributed by atoms with E-state index in [1.54, 1.807) is 6.07 Å². The molecule has 0 bridgehead atoms. The molecule has 0 spiro atoms. The summed E-state index contributed by atoms with van der Waals surface area (Å²) in [5.74, 6) is -0.230. The predicted molar refractivity (Wildman–Crippen MR) is 71.5 cm³/mol. The fourth-order valence-electron chi connectivity index (χ4n) is 2.46. The molecular weight excluding hydrogens is 253 g/mol. The van der Waals surface area contributed by atoms with Crippen LogP contribution in [0.1, 0.15) is 18.9 Å². The Hall–Kier alpha value is -0.640. The molecule has 1 aliphatic heterocycles. The summed E-state index contributed by atoms with van der Waals surface area (Å²) in [6.07, 6.45) is 1.75. The van der Waals surface area contributed by atoms with Gasteiger partial charge < -0.3 is 10.1 Å². The maximum absolute atomic E-state index is 13.3. The van der Waals surface area contributed by atoms with Gasteiger partial charge in [0, 0.05) is 23.6 Å². The minimum atomic E-state index is -0.230. The van der Waals surface area contributed by atoms with Crippen molar-refractivity contribution < 1.29 is 9.13 Å². The summed E-state index contributed by atoms with van der Waals surface area (Å²) in [6, 6.07) is 4.56. The lowest BCUT2D eigenvalue weighted by Gasteiger charge is -2.28. The molecule has 1 fully saturated rings. The van der Waals surface area contributed by atoms with Crippen LogP contribution < -0.4 is 5.32 Å². The SMILES string of the molecule is CCNCC1(Cc2cc(F)ccc2Cl)CCOC1. The summed E-state index contributed by atoms with van der Waals surface area (Å²) in [4.78, 5) is 0. The molecule has 1 aliphatic rings. The van der Waals surface area contributed by atoms with Crippen LogP contribution in [0.15, 0.2) is 18.2 Å². The second-order valence-electron chi connectivity index (χ2n) is 5.00. The van der Waals surface area contributed by atoms with Crippen molar-refractivity contribution in [1.82, 2.24) is 5.32 Å². The van der Waals surface area contributed by atoms with Crippen molar-refractivity contribution in [2.45, 2.75) is 19.8 Å². The molecule has 0 saturated carbocycles. The lowest BCUT2D eigenvalue weighted by atomic mass is 9.81. The molecule has 1 N–H and O–H groups in total. The van der Waals surface area contributed by atoms with Crippen molar-refractivity contribution in [3.8, 4) is 0 Å². The van der Waals surface area contributed by atoms with Gasteiger partial charge in [0.15, 0.2) is 0 Å². The molecule has 1 heterocycles. The van der Waals surface area contributed by atoms with Crippen molar-refractivity contribution >= 4 is 11.6 Å². The van der Waals surface area contributed by atoms with E-state index in [9.17, 15) is 4.39 Å². The number of rotatable bonds is 5. The fourth-order valence-corrected chi connectivity index (χ4v) is 2.65. The van der Waals surface area contributed by atoms with Gasteiger partial charge in [0.25, 0.3) is 0 Å². The highest BCUT2D eigenvalue weighted by molar-refractivity contribution is 6.31. The van der Waals surface area contributed by atoms with Gasteiger partial charge in [0.2, 0.25) is 0 Å². The van der Waals surface area contributed by atoms with Gasteiger partial charge >= 0.3 is 0 Å². The average Bonchev–Trinajstić information content (AvgIpc) is 2.80. The van der Waals surface area contributed by atoms with Gasteiger partial charge in [0.05, 0.1) is 6.61 Å². The van der Waals surface area contributed by atoms with Gasteiger partial charge in [-0.2, -0.15) is 0 Å². The fraction of sp³-hybridized carbons (Fsp3) is 0.571. The number of hydrogen-bond acceptors (Lipinski definition) is 2. The molecule has 100 valence electrons. The zero-order valence-electron chi connectivity index (χ0n) is 10.6. The molecule has 0 amide bonds. The third kappa shape index (κ3) is 3.22. The van der Waals surface area contributed by atoms with Gasteiger partial charge in [-0.05, 0) is 43.1 Å². The monoisotopic (exact) mass is 271 g/mol. The van der Waals surface area contributed by atoms with E-state index in [0.29, 0.717) is 11.6 Å². The highest BCUT2D eigenvalue weighted by Gasteiger charge is 2.35. The van der Waals surface area contributed by atoms with Gasteiger partial charge in [-0.1, -0.05) is 18.5 Å². The highest BCUT2D eigenvalue weighted by atomic mass is 35.5. The van der Waals surface area contributed by atoms with E-state index in [1.807, 2.05) is 0 Å². The molecular formula is C14H19ClFNO. The van der Waals surface area contributed by atoms with Crippen LogP contribution in [0.25, 0.3) is 0 Å². The molecule has 2 rings (SSSR count). The molecule has 2 nitrogen and oxygen atoms in total. The van der Waals surface area contributed by atoms with Crippen LogP contribution in [-0.4, -0.2) is 26.3 Å². The summed E-state index contributed by atoms with van der Waals surface area (Å²) in [6.45, 7) is 5.39. The molecule has 1 aromatic carbocycles. The number of nitrogens with one attached hydrogen (secondary N) is 1. The minimum absolute atomic E-state index is 0.0491. The maximum atomic E-state index is 13.3. The normalized spacial score (nSPS) is 23.5. The lowest BCUT2D eigenvalue weighted by Crippen LogP contribution is -2.36. The molecule has 4 heteroatoms. The van der Waals surface area contributed by atoms with Crippen molar-refractivity contribution in [2.24, 2.45) is 5.41 Å². The first-order valence-corrected chi connectivity index (χ1v) is 6.75. The zero-order valence-corrected chi connectivity index (χ0v) is 11.4. The molecule has 1 aromatic rings. The van der Waals surface area contributed by atoms with Gasteiger partial charge in [-0.25, -0.2) is 4.39 Å². The summed E-state index contributed by atoms with van der Waals surface area (Å²) >= 11 is 6.14. The Balaban J connectivity index is 2.15. The van der Waals surface area contributed by atoms with Gasteiger partial charge in [-0.15, -0.1) is 0 Å². The molecule has 1 atom stereocenters. The van der Waals surface area contributed by atoms with Crippen LogP contribution in [-0.2, 0) is 11.2 Å². The van der Waals surface area contributed by atoms with Crippen molar-refractivity contribution in [2.75, 3.05) is 26.3 Å². The first-order valence-electron chi connectivity index (χ1n) is 6.38. The number of ether oxygens (including phenoxy) is 1. The van der Waals surface area contributed by atoms with Gasteiger partial charge in [0.1, 0.15) is 5.82 Å². The molecule has 0 radical (unpaired) electrons. The maximum Gasteiger partial charge on any atom is 0.123 e. The van der Waals surface area contributed by atoms with E-state index < -0.39 is 0 Å². The van der Waals surface area contributed by atoms with Crippen molar-refractivity contribution in [1.29, 1.82) is 0 Å². The molecule has 18 heavy (non-hydrogen) atoms. The van der Waals surface area contributed by atoms with Crippen LogP contribution in [0.4, 0.5) is 4.39 Å². The Labute approximate surface area is 112 Å². The van der Waals surface area contributed by atoms with E-state index in [2.05, 4.69) is 12.2 Å². The Morgan fingerprint density at radius 1 is 1.50 bits per heavy atom. The van der Waals surface area contributed by atoms with E-state index in [1.165, 1.54) is 12.1 Å². The third-order valence-corrected chi connectivity index (χ3v) is 3.88. The second kappa shape index (κ2) is 6.00. The largest absolute Gasteiger partial charge is 0.381 e. The molecule has 1 unspecified atom stereocenters. The number of benzene rings is 1. The van der Waals surface area contributed by atoms with Crippen molar-refractivity contribution in [3.63, 3.8) is 0 Å². The van der Waals surface area contributed by atoms with Crippen LogP contribution in [0.3, 0.4) is 0 Å². The first kappa shape index (κ1) is 13.8. The van der Waals surface area contributed by atoms with E-state index in [0.717, 1.165) is 38.1 Å². The van der Waals surface area contributed by atoms with Crippen LogP contribution in [0, 0.1) is 11.2 Å². The number of hydrogen-bond donors (Lipinski definition) is 1.